The zero-order valence-corrected chi connectivity index (χ0v) is 11.7. The van der Waals surface area contributed by atoms with Crippen LogP contribution in [-0.4, -0.2) is 56.1 Å². The number of carbonyl (C=O) groups is 2. The van der Waals surface area contributed by atoms with Gasteiger partial charge in [-0.25, -0.2) is 14.3 Å². The third-order valence-corrected chi connectivity index (χ3v) is 3.44. The quantitative estimate of drug-likeness (QED) is 0.762. The normalized spacial score (nSPS) is 15.9. The fourth-order valence-electron chi connectivity index (χ4n) is 2.05. The van der Waals surface area contributed by atoms with E-state index in [0.717, 1.165) is 6.42 Å². The van der Waals surface area contributed by atoms with Gasteiger partial charge in [-0.2, -0.15) is 0 Å². The fourth-order valence-corrected chi connectivity index (χ4v) is 2.05. The van der Waals surface area contributed by atoms with Crippen LogP contribution in [0.5, 0.6) is 0 Å². The summed E-state index contributed by atoms with van der Waals surface area (Å²) in [6, 6.07) is -0.220. The number of rotatable bonds is 5. The molecule has 1 aliphatic heterocycles. The van der Waals surface area contributed by atoms with E-state index in [9.17, 15) is 9.59 Å². The van der Waals surface area contributed by atoms with Crippen LogP contribution < -0.4 is 5.32 Å². The maximum atomic E-state index is 12.0. The Morgan fingerprint density at radius 1 is 1.62 bits per heavy atom. The van der Waals surface area contributed by atoms with Gasteiger partial charge in [0.1, 0.15) is 0 Å². The Morgan fingerprint density at radius 2 is 2.33 bits per heavy atom. The van der Waals surface area contributed by atoms with E-state index >= 15 is 0 Å². The Hall–Kier alpha value is -2.56. The van der Waals surface area contributed by atoms with Gasteiger partial charge < -0.3 is 15.3 Å². The van der Waals surface area contributed by atoms with Gasteiger partial charge in [0.05, 0.1) is 12.2 Å². The van der Waals surface area contributed by atoms with E-state index in [0.29, 0.717) is 19.5 Å². The summed E-state index contributed by atoms with van der Waals surface area (Å²) in [6.45, 7) is 2.91. The molecule has 21 heavy (non-hydrogen) atoms. The predicted molar refractivity (Wildman–Crippen MR) is 73.7 cm³/mol. The van der Waals surface area contributed by atoms with E-state index in [-0.39, 0.29) is 23.8 Å². The van der Waals surface area contributed by atoms with Crippen LogP contribution in [0.4, 0.5) is 4.79 Å². The SMILES string of the molecule is C#CCC(CC)NC(=O)N1CC(n2cc(C(=O)O)nn2)C1. The van der Waals surface area contributed by atoms with Crippen LogP contribution in [0.2, 0.25) is 0 Å². The number of aromatic carboxylic acids is 1. The third kappa shape index (κ3) is 3.31. The van der Waals surface area contributed by atoms with Crippen molar-refractivity contribution in [3.05, 3.63) is 11.9 Å². The number of urea groups is 1. The topological polar surface area (TPSA) is 100 Å². The molecule has 1 saturated heterocycles. The summed E-state index contributed by atoms with van der Waals surface area (Å²) in [6.07, 6.45) is 7.90. The smallest absolute Gasteiger partial charge is 0.358 e. The second kappa shape index (κ2) is 6.26. The van der Waals surface area contributed by atoms with Crippen molar-refractivity contribution in [1.82, 2.24) is 25.2 Å². The number of nitrogens with zero attached hydrogens (tertiary/aromatic N) is 4. The molecule has 1 aliphatic rings. The number of hydrogen-bond acceptors (Lipinski definition) is 4. The molecule has 8 heteroatoms. The van der Waals surface area contributed by atoms with Gasteiger partial charge >= 0.3 is 12.0 Å². The summed E-state index contributed by atoms with van der Waals surface area (Å²) in [7, 11) is 0. The van der Waals surface area contributed by atoms with Gasteiger partial charge in [0.25, 0.3) is 0 Å². The number of likely N-dealkylation sites (tertiary alicyclic amines) is 1. The molecule has 2 rings (SSSR count). The first-order valence-electron chi connectivity index (χ1n) is 6.69. The minimum absolute atomic E-state index is 0.0217. The molecule has 2 N–H and O–H groups in total. The number of nitrogens with one attached hydrogen (secondary N) is 1. The summed E-state index contributed by atoms with van der Waals surface area (Å²) in [5, 5.41) is 19.0. The Morgan fingerprint density at radius 3 is 2.86 bits per heavy atom. The van der Waals surface area contributed by atoms with Gasteiger partial charge in [-0.05, 0) is 6.42 Å². The van der Waals surface area contributed by atoms with Crippen LogP contribution in [0.25, 0.3) is 0 Å². The predicted octanol–water partition coefficient (Wildman–Crippen LogP) is 0.344. The highest BCUT2D eigenvalue weighted by atomic mass is 16.4. The number of terminal acetylenes is 1. The van der Waals surface area contributed by atoms with Crippen molar-refractivity contribution in [2.75, 3.05) is 13.1 Å². The van der Waals surface area contributed by atoms with Gasteiger partial charge in [0.2, 0.25) is 0 Å². The van der Waals surface area contributed by atoms with Crippen LogP contribution in [-0.2, 0) is 0 Å². The molecule has 1 atom stereocenters. The van der Waals surface area contributed by atoms with E-state index in [4.69, 9.17) is 11.5 Å². The molecule has 0 bridgehead atoms. The molecular formula is C13H17N5O3. The minimum Gasteiger partial charge on any atom is -0.476 e. The van der Waals surface area contributed by atoms with Gasteiger partial charge in [-0.3, -0.25) is 0 Å². The highest BCUT2D eigenvalue weighted by molar-refractivity contribution is 5.84. The number of carbonyl (C=O) groups excluding carboxylic acids is 1. The summed E-state index contributed by atoms with van der Waals surface area (Å²) in [5.41, 5.74) is -0.0991. The minimum atomic E-state index is -1.12. The first kappa shape index (κ1) is 14.8. The molecule has 1 unspecified atom stereocenters. The van der Waals surface area contributed by atoms with Crippen molar-refractivity contribution in [3.63, 3.8) is 0 Å². The van der Waals surface area contributed by atoms with Crippen molar-refractivity contribution < 1.29 is 14.7 Å². The lowest BCUT2D eigenvalue weighted by molar-refractivity contribution is 0.0690. The molecule has 1 aromatic heterocycles. The zero-order valence-electron chi connectivity index (χ0n) is 11.7. The van der Waals surface area contributed by atoms with Crippen LogP contribution in [0, 0.1) is 12.3 Å². The molecule has 0 aliphatic carbocycles. The largest absolute Gasteiger partial charge is 0.476 e. The number of amides is 2. The molecule has 2 heterocycles. The van der Waals surface area contributed by atoms with Crippen molar-refractivity contribution >= 4 is 12.0 Å². The summed E-state index contributed by atoms with van der Waals surface area (Å²) in [5.74, 6) is 1.42. The molecule has 1 aromatic rings. The molecule has 112 valence electrons. The van der Waals surface area contributed by atoms with E-state index in [2.05, 4.69) is 21.5 Å². The Balaban J connectivity index is 1.84. The van der Waals surface area contributed by atoms with Crippen molar-refractivity contribution in [3.8, 4) is 12.3 Å². The lowest BCUT2D eigenvalue weighted by atomic mass is 10.1. The first-order valence-corrected chi connectivity index (χ1v) is 6.69. The lowest BCUT2D eigenvalue weighted by Crippen LogP contribution is -2.56. The van der Waals surface area contributed by atoms with E-state index in [1.54, 1.807) is 4.90 Å². The molecule has 0 radical (unpaired) electrons. The highest BCUT2D eigenvalue weighted by Crippen LogP contribution is 2.20. The van der Waals surface area contributed by atoms with Gasteiger partial charge in [0, 0.05) is 25.6 Å². The second-order valence-corrected chi connectivity index (χ2v) is 4.91. The first-order chi connectivity index (χ1) is 10.0. The van der Waals surface area contributed by atoms with Crippen LogP contribution >= 0.6 is 0 Å². The lowest BCUT2D eigenvalue weighted by Gasteiger charge is -2.39. The van der Waals surface area contributed by atoms with Gasteiger partial charge in [0.15, 0.2) is 5.69 Å². The standard InChI is InChI=1S/C13H17N5O3/c1-3-5-9(4-2)14-13(21)17-6-10(7-17)18-8-11(12(19)20)15-16-18/h1,8-10H,4-7H2,2H3,(H,14,21)(H,19,20). The molecule has 1 fully saturated rings. The fraction of sp³-hybridized carbons (Fsp3) is 0.538. The van der Waals surface area contributed by atoms with Crippen molar-refractivity contribution in [1.29, 1.82) is 0 Å². The van der Waals surface area contributed by atoms with Crippen LogP contribution in [0.3, 0.4) is 0 Å². The molecule has 0 saturated carbocycles. The number of carboxylic acids is 1. The maximum Gasteiger partial charge on any atom is 0.358 e. The Bertz CT molecular complexity index is 571. The number of carboxylic acid groups (broad SMARTS) is 1. The van der Waals surface area contributed by atoms with Crippen LogP contribution in [0.1, 0.15) is 36.3 Å². The molecule has 0 spiro atoms. The summed E-state index contributed by atoms with van der Waals surface area (Å²) in [4.78, 5) is 24.3. The maximum absolute atomic E-state index is 12.0. The zero-order chi connectivity index (χ0) is 15.4. The van der Waals surface area contributed by atoms with Crippen molar-refractivity contribution in [2.45, 2.75) is 31.8 Å². The molecule has 8 nitrogen and oxygen atoms in total. The van der Waals surface area contributed by atoms with Gasteiger partial charge in [-0.15, -0.1) is 17.4 Å². The van der Waals surface area contributed by atoms with Crippen LogP contribution in [0.15, 0.2) is 6.20 Å². The molecule has 2 amide bonds. The second-order valence-electron chi connectivity index (χ2n) is 4.91. The molecular weight excluding hydrogens is 274 g/mol. The number of aromatic nitrogens is 3. The average Bonchev–Trinajstić information content (AvgIpc) is 2.86. The van der Waals surface area contributed by atoms with E-state index in [1.807, 2.05) is 6.92 Å². The van der Waals surface area contributed by atoms with Gasteiger partial charge in [-0.1, -0.05) is 12.1 Å². The van der Waals surface area contributed by atoms with E-state index in [1.165, 1.54) is 10.9 Å². The Labute approximate surface area is 122 Å². The average molecular weight is 291 g/mol. The van der Waals surface area contributed by atoms with E-state index < -0.39 is 5.97 Å². The van der Waals surface area contributed by atoms with Crippen molar-refractivity contribution in [2.24, 2.45) is 0 Å². The molecule has 0 aromatic carbocycles. The summed E-state index contributed by atoms with van der Waals surface area (Å²) < 4.78 is 1.48. The monoisotopic (exact) mass is 291 g/mol. The third-order valence-electron chi connectivity index (χ3n) is 3.44. The highest BCUT2D eigenvalue weighted by Gasteiger charge is 2.33. The summed E-state index contributed by atoms with van der Waals surface area (Å²) >= 11 is 0. The number of hydrogen-bond donors (Lipinski definition) is 2. The Kier molecular flexibility index (Phi) is 4.42.